The maximum absolute atomic E-state index is 11.1. The monoisotopic (exact) mass is 367 g/mol. The molecule has 1 aromatic carbocycles. The van der Waals surface area contributed by atoms with E-state index < -0.39 is 16.7 Å². The van der Waals surface area contributed by atoms with Gasteiger partial charge in [-0.25, -0.2) is 4.79 Å². The summed E-state index contributed by atoms with van der Waals surface area (Å²) in [6, 6.07) is 11.4. The van der Waals surface area contributed by atoms with Crippen molar-refractivity contribution >= 4 is 23.2 Å². The maximum atomic E-state index is 11.1. The summed E-state index contributed by atoms with van der Waals surface area (Å²) in [6.45, 7) is 2.27. The average molecular weight is 367 g/mol. The number of nitro groups is 1. The minimum atomic E-state index is -1.39. The van der Waals surface area contributed by atoms with E-state index in [0.717, 1.165) is 0 Å². The first-order valence-corrected chi connectivity index (χ1v) is 8.21. The molecule has 1 amide bonds. The van der Waals surface area contributed by atoms with E-state index in [0.29, 0.717) is 32.0 Å². The van der Waals surface area contributed by atoms with Crippen LogP contribution in [0.4, 0.5) is 21.9 Å². The lowest BCUT2D eigenvalue weighted by molar-refractivity contribution is -0.384. The predicted octanol–water partition coefficient (Wildman–Crippen LogP) is 3.17. The standard InChI is InChI=1S/C13H13N3O5.C6H4/c1-2-9-7-10(15-3-5-21-6-4-15)8-11(14-13(17)18)12(9)16(19)20;1-2-6-4-3-5(1)6/h1,7-8,14H,3-6H2,(H,17,18);1-4H. The Morgan fingerprint density at radius 3 is 2.22 bits per heavy atom. The van der Waals surface area contributed by atoms with Gasteiger partial charge in [0.05, 0.1) is 18.1 Å². The first kappa shape index (κ1) is 18.2. The van der Waals surface area contributed by atoms with E-state index in [1.807, 2.05) is 10.2 Å². The molecule has 0 unspecified atom stereocenters. The van der Waals surface area contributed by atoms with Crippen molar-refractivity contribution in [2.45, 2.75) is 0 Å². The fourth-order valence-corrected chi connectivity index (χ4v) is 2.80. The minimum absolute atomic E-state index is 0.0349. The molecular formula is C19H17N3O5. The molecule has 2 aliphatic carbocycles. The smallest absolute Gasteiger partial charge is 0.409 e. The molecule has 0 aromatic heterocycles. The van der Waals surface area contributed by atoms with Gasteiger partial charge in [0.25, 0.3) is 0 Å². The topological polar surface area (TPSA) is 105 Å². The number of benzene rings is 2. The number of nitro benzene ring substituents is 1. The second-order valence-electron chi connectivity index (χ2n) is 5.90. The van der Waals surface area contributed by atoms with Crippen LogP contribution in [-0.2, 0) is 4.74 Å². The molecule has 2 N–H and O–H groups in total. The van der Waals surface area contributed by atoms with E-state index in [4.69, 9.17) is 16.3 Å². The zero-order valence-corrected chi connectivity index (χ0v) is 14.3. The number of morpholine rings is 1. The summed E-state index contributed by atoms with van der Waals surface area (Å²) in [7, 11) is 0. The third-order valence-corrected chi connectivity index (χ3v) is 4.27. The molecule has 0 radical (unpaired) electrons. The summed E-state index contributed by atoms with van der Waals surface area (Å²) in [5.74, 6) is 2.24. The molecule has 0 spiro atoms. The van der Waals surface area contributed by atoms with E-state index in [-0.39, 0.29) is 11.3 Å². The molecule has 1 heterocycles. The quantitative estimate of drug-likeness (QED) is 0.418. The number of carbonyl (C=O) groups is 1. The number of nitrogens with one attached hydrogen (secondary N) is 1. The second-order valence-corrected chi connectivity index (χ2v) is 5.90. The number of fused-ring (bicyclic) bond motifs is 1. The normalized spacial score (nSPS) is 13.7. The summed E-state index contributed by atoms with van der Waals surface area (Å²) < 4.78 is 5.23. The number of anilines is 2. The largest absolute Gasteiger partial charge is 0.465 e. The van der Waals surface area contributed by atoms with Crippen LogP contribution in [0.5, 0.6) is 0 Å². The van der Waals surface area contributed by atoms with Crippen LogP contribution in [0.3, 0.4) is 0 Å². The van der Waals surface area contributed by atoms with Gasteiger partial charge in [-0.05, 0) is 23.3 Å². The zero-order chi connectivity index (χ0) is 19.4. The zero-order valence-electron chi connectivity index (χ0n) is 14.3. The molecule has 4 rings (SSSR count). The highest BCUT2D eigenvalue weighted by Gasteiger charge is 2.24. The van der Waals surface area contributed by atoms with Crippen LogP contribution in [0.2, 0.25) is 0 Å². The third kappa shape index (κ3) is 3.99. The van der Waals surface area contributed by atoms with Crippen LogP contribution in [0.25, 0.3) is 11.1 Å². The molecule has 0 saturated carbocycles. The van der Waals surface area contributed by atoms with Gasteiger partial charge in [-0.15, -0.1) is 6.42 Å². The van der Waals surface area contributed by atoms with Crippen molar-refractivity contribution in [3.05, 3.63) is 52.1 Å². The molecule has 0 atom stereocenters. The van der Waals surface area contributed by atoms with Gasteiger partial charge < -0.3 is 14.7 Å². The summed E-state index contributed by atoms with van der Waals surface area (Å²) >= 11 is 0. The van der Waals surface area contributed by atoms with E-state index in [1.165, 1.54) is 23.3 Å². The molecule has 8 heteroatoms. The lowest BCUT2D eigenvalue weighted by Gasteiger charge is -2.29. The highest BCUT2D eigenvalue weighted by Crippen LogP contribution is 2.34. The lowest BCUT2D eigenvalue weighted by atomic mass is 9.95. The summed E-state index contributed by atoms with van der Waals surface area (Å²) in [4.78, 5) is 23.2. The number of ether oxygens (including phenoxy) is 1. The summed E-state index contributed by atoms with van der Waals surface area (Å²) in [5.41, 5.74) is 2.96. The molecule has 3 aliphatic rings. The molecule has 1 saturated heterocycles. The Balaban J connectivity index is 0.000000290. The van der Waals surface area contributed by atoms with Gasteiger partial charge in [0.1, 0.15) is 11.3 Å². The van der Waals surface area contributed by atoms with Gasteiger partial charge in [-0.2, -0.15) is 0 Å². The van der Waals surface area contributed by atoms with Crippen LogP contribution in [0, 0.1) is 22.5 Å². The van der Waals surface area contributed by atoms with Gasteiger partial charge in [0.2, 0.25) is 0 Å². The molecule has 138 valence electrons. The minimum Gasteiger partial charge on any atom is -0.465 e. The molecular weight excluding hydrogens is 350 g/mol. The molecule has 1 aliphatic heterocycles. The Labute approximate surface area is 155 Å². The number of hydrogen-bond acceptors (Lipinski definition) is 5. The van der Waals surface area contributed by atoms with E-state index in [1.54, 1.807) is 0 Å². The molecule has 0 bridgehead atoms. The summed E-state index contributed by atoms with van der Waals surface area (Å²) in [5, 5.41) is 22.0. The van der Waals surface area contributed by atoms with Crippen LogP contribution >= 0.6 is 0 Å². The summed E-state index contributed by atoms with van der Waals surface area (Å²) in [6.07, 6.45) is 3.92. The Morgan fingerprint density at radius 1 is 1.22 bits per heavy atom. The number of terminal acetylenes is 1. The second kappa shape index (κ2) is 7.76. The highest BCUT2D eigenvalue weighted by molar-refractivity contribution is 5.89. The van der Waals surface area contributed by atoms with Gasteiger partial charge in [0.15, 0.2) is 0 Å². The van der Waals surface area contributed by atoms with Crippen LogP contribution < -0.4 is 10.2 Å². The Bertz CT molecular complexity index is 891. The van der Waals surface area contributed by atoms with Crippen LogP contribution in [0.1, 0.15) is 5.56 Å². The Hall–Kier alpha value is -3.57. The maximum Gasteiger partial charge on any atom is 0.409 e. The van der Waals surface area contributed by atoms with Crippen molar-refractivity contribution in [3.8, 4) is 23.5 Å². The average Bonchev–Trinajstić information content (AvgIpc) is 2.64. The predicted molar refractivity (Wildman–Crippen MR) is 101 cm³/mol. The number of hydrogen-bond donors (Lipinski definition) is 2. The molecule has 8 nitrogen and oxygen atoms in total. The van der Waals surface area contributed by atoms with Gasteiger partial charge >= 0.3 is 11.8 Å². The van der Waals surface area contributed by atoms with Crippen molar-refractivity contribution in [2.75, 3.05) is 36.5 Å². The number of rotatable bonds is 3. The fourth-order valence-electron chi connectivity index (χ4n) is 2.80. The lowest BCUT2D eigenvalue weighted by Crippen LogP contribution is -2.36. The Kier molecular flexibility index (Phi) is 5.24. The van der Waals surface area contributed by atoms with E-state index in [2.05, 4.69) is 30.2 Å². The van der Waals surface area contributed by atoms with Crippen LogP contribution in [0.15, 0.2) is 36.4 Å². The number of amides is 1. The molecule has 1 aromatic rings. The number of carboxylic acid groups (broad SMARTS) is 1. The highest BCUT2D eigenvalue weighted by atomic mass is 16.6. The van der Waals surface area contributed by atoms with Gasteiger partial charge in [-0.1, -0.05) is 30.2 Å². The first-order valence-electron chi connectivity index (χ1n) is 8.21. The van der Waals surface area contributed by atoms with Crippen molar-refractivity contribution in [1.82, 2.24) is 0 Å². The third-order valence-electron chi connectivity index (χ3n) is 4.27. The molecule has 27 heavy (non-hydrogen) atoms. The first-order chi connectivity index (χ1) is 13.0. The van der Waals surface area contributed by atoms with Crippen molar-refractivity contribution in [2.24, 2.45) is 0 Å². The fraction of sp³-hybridized carbons (Fsp3) is 0.211. The van der Waals surface area contributed by atoms with Crippen molar-refractivity contribution in [1.29, 1.82) is 0 Å². The van der Waals surface area contributed by atoms with Crippen molar-refractivity contribution in [3.63, 3.8) is 0 Å². The SMILES string of the molecule is C#Cc1cc(N2CCOCC2)cc(NC(=O)O)c1[N+](=O)[O-].c1cc2ccc1-2. The van der Waals surface area contributed by atoms with E-state index >= 15 is 0 Å². The van der Waals surface area contributed by atoms with Gasteiger partial charge in [-0.3, -0.25) is 15.4 Å². The Morgan fingerprint density at radius 2 is 1.81 bits per heavy atom. The van der Waals surface area contributed by atoms with Gasteiger partial charge in [0, 0.05) is 18.8 Å². The van der Waals surface area contributed by atoms with Crippen molar-refractivity contribution < 1.29 is 19.6 Å². The number of nitrogens with zero attached hydrogens (tertiary/aromatic N) is 2. The van der Waals surface area contributed by atoms with Crippen LogP contribution in [-0.4, -0.2) is 42.4 Å². The molecule has 1 fully saturated rings. The van der Waals surface area contributed by atoms with E-state index in [9.17, 15) is 14.9 Å².